The molecule has 0 unspecified atom stereocenters. The molecule has 0 spiro atoms. The van der Waals surface area contributed by atoms with E-state index in [0.29, 0.717) is 0 Å². The Morgan fingerprint density at radius 1 is 1.07 bits per heavy atom. The van der Waals surface area contributed by atoms with E-state index in [9.17, 15) is 0 Å². The Morgan fingerprint density at radius 3 is 2.14 bits per heavy atom. The van der Waals surface area contributed by atoms with Crippen LogP contribution < -0.4 is 5.73 Å². The average molecular weight is 191 g/mol. The summed E-state index contributed by atoms with van der Waals surface area (Å²) in [4.78, 5) is 0. The Hall–Kier alpha value is -1.24. The molecule has 78 valence electrons. The predicted molar refractivity (Wildman–Crippen MR) is 64.9 cm³/mol. The Bertz CT molecular complexity index is 254. The lowest BCUT2D eigenvalue weighted by Gasteiger charge is -1.91. The molecule has 0 aliphatic carbocycles. The van der Waals surface area contributed by atoms with Gasteiger partial charge in [0.1, 0.15) is 0 Å². The van der Waals surface area contributed by atoms with Crippen LogP contribution in [-0.4, -0.2) is 0 Å². The molecule has 1 heteroatoms. The third kappa shape index (κ3) is 7.41. The predicted octanol–water partition coefficient (Wildman–Crippen LogP) is 3.71. The molecule has 0 fully saturated rings. The molecule has 0 radical (unpaired) electrons. The topological polar surface area (TPSA) is 26.0 Å². The second-order valence-electron chi connectivity index (χ2n) is 3.37. The highest BCUT2D eigenvalue weighted by molar-refractivity contribution is 5.27. The van der Waals surface area contributed by atoms with Crippen molar-refractivity contribution in [2.75, 3.05) is 0 Å². The number of hydrogen-bond acceptors (Lipinski definition) is 1. The van der Waals surface area contributed by atoms with Crippen LogP contribution in [0.15, 0.2) is 47.7 Å². The number of nitrogens with two attached hydrogens (primary N) is 1. The van der Waals surface area contributed by atoms with Crippen molar-refractivity contribution in [2.45, 2.75) is 33.6 Å². The zero-order valence-corrected chi connectivity index (χ0v) is 9.46. The van der Waals surface area contributed by atoms with Crippen molar-refractivity contribution in [1.29, 1.82) is 0 Å². The molecule has 0 aromatic heterocycles. The molecule has 0 amide bonds. The van der Waals surface area contributed by atoms with Gasteiger partial charge in [-0.15, -0.1) is 0 Å². The van der Waals surface area contributed by atoms with Crippen molar-refractivity contribution in [2.24, 2.45) is 5.73 Å². The van der Waals surface area contributed by atoms with Crippen molar-refractivity contribution < 1.29 is 0 Å². The van der Waals surface area contributed by atoms with Crippen LogP contribution >= 0.6 is 0 Å². The average Bonchev–Trinajstić information content (AvgIpc) is 2.16. The van der Waals surface area contributed by atoms with Crippen molar-refractivity contribution >= 4 is 0 Å². The molecular weight excluding hydrogens is 170 g/mol. The standard InChI is InChI=1S/C13H21N/c1-4-5-6-7-12(2)8-9-13(3)10-11-14/h6-11H,4-5,14H2,1-3H3/b7-6+,11-10+,12-8+,13-9+. The molecule has 0 aliphatic rings. The SMILES string of the molecule is CCC/C=C/C(C)=C/C=C(C)/C=C/N. The highest BCUT2D eigenvalue weighted by atomic mass is 14.5. The van der Waals surface area contributed by atoms with E-state index in [-0.39, 0.29) is 0 Å². The van der Waals surface area contributed by atoms with Gasteiger partial charge < -0.3 is 5.73 Å². The first kappa shape index (κ1) is 12.8. The highest BCUT2D eigenvalue weighted by Gasteiger charge is 1.81. The van der Waals surface area contributed by atoms with Gasteiger partial charge in [0.2, 0.25) is 0 Å². The minimum Gasteiger partial charge on any atom is -0.405 e. The second kappa shape index (κ2) is 8.36. The third-order valence-electron chi connectivity index (χ3n) is 1.80. The molecule has 0 heterocycles. The van der Waals surface area contributed by atoms with E-state index in [2.05, 4.69) is 38.2 Å². The van der Waals surface area contributed by atoms with Gasteiger partial charge in [-0.1, -0.05) is 43.2 Å². The van der Waals surface area contributed by atoms with E-state index in [1.807, 2.05) is 13.0 Å². The Labute approximate surface area is 87.7 Å². The van der Waals surface area contributed by atoms with Crippen molar-refractivity contribution in [3.63, 3.8) is 0 Å². The molecule has 0 aliphatic heterocycles. The van der Waals surface area contributed by atoms with Gasteiger partial charge in [-0.25, -0.2) is 0 Å². The second-order valence-corrected chi connectivity index (χ2v) is 3.37. The van der Waals surface area contributed by atoms with Crippen LogP contribution in [0.25, 0.3) is 0 Å². The molecule has 1 nitrogen and oxygen atoms in total. The maximum absolute atomic E-state index is 5.28. The Balaban J connectivity index is 4.17. The van der Waals surface area contributed by atoms with Gasteiger partial charge in [-0.3, -0.25) is 0 Å². The quantitative estimate of drug-likeness (QED) is 0.659. The first-order valence-corrected chi connectivity index (χ1v) is 5.10. The van der Waals surface area contributed by atoms with Crippen LogP contribution in [-0.2, 0) is 0 Å². The van der Waals surface area contributed by atoms with E-state index in [4.69, 9.17) is 5.73 Å². The summed E-state index contributed by atoms with van der Waals surface area (Å²) < 4.78 is 0. The number of hydrogen-bond donors (Lipinski definition) is 1. The molecule has 0 saturated carbocycles. The molecule has 0 aromatic carbocycles. The van der Waals surface area contributed by atoms with Gasteiger partial charge in [-0.2, -0.15) is 0 Å². The molecule has 2 N–H and O–H groups in total. The van der Waals surface area contributed by atoms with Crippen LogP contribution in [0.1, 0.15) is 33.6 Å². The van der Waals surface area contributed by atoms with Crippen LogP contribution in [0, 0.1) is 0 Å². The third-order valence-corrected chi connectivity index (χ3v) is 1.80. The van der Waals surface area contributed by atoms with Gasteiger partial charge >= 0.3 is 0 Å². The lowest BCUT2D eigenvalue weighted by atomic mass is 10.2. The summed E-state index contributed by atoms with van der Waals surface area (Å²) in [6.07, 6.45) is 14.3. The van der Waals surface area contributed by atoms with Crippen molar-refractivity contribution in [3.05, 3.63) is 47.7 Å². The maximum atomic E-state index is 5.28. The largest absolute Gasteiger partial charge is 0.405 e. The summed E-state index contributed by atoms with van der Waals surface area (Å²) in [7, 11) is 0. The normalized spacial score (nSPS) is 14.5. The Kier molecular flexibility index (Phi) is 7.62. The summed E-state index contributed by atoms with van der Waals surface area (Å²) in [6, 6.07) is 0. The first-order chi connectivity index (χ1) is 6.70. The minimum atomic E-state index is 1.15. The number of rotatable bonds is 5. The van der Waals surface area contributed by atoms with Crippen LogP contribution in [0.2, 0.25) is 0 Å². The molecule has 0 saturated heterocycles. The summed E-state index contributed by atoms with van der Waals surface area (Å²) in [5.74, 6) is 0. The number of allylic oxidation sites excluding steroid dienone is 7. The molecule has 0 rings (SSSR count). The molecule has 0 aromatic rings. The van der Waals surface area contributed by atoms with E-state index < -0.39 is 0 Å². The van der Waals surface area contributed by atoms with Crippen molar-refractivity contribution in [1.82, 2.24) is 0 Å². The summed E-state index contributed by atoms with van der Waals surface area (Å²) in [5, 5.41) is 0. The zero-order valence-electron chi connectivity index (χ0n) is 9.46. The summed E-state index contributed by atoms with van der Waals surface area (Å²) in [5.41, 5.74) is 7.71. The highest BCUT2D eigenvalue weighted by Crippen LogP contribution is 2.01. The van der Waals surface area contributed by atoms with Gasteiger partial charge in [0.05, 0.1) is 0 Å². The zero-order chi connectivity index (χ0) is 10.8. The van der Waals surface area contributed by atoms with E-state index in [0.717, 1.165) is 12.0 Å². The Morgan fingerprint density at radius 2 is 1.64 bits per heavy atom. The van der Waals surface area contributed by atoms with E-state index in [1.54, 1.807) is 6.20 Å². The van der Waals surface area contributed by atoms with Crippen LogP contribution in [0.3, 0.4) is 0 Å². The van der Waals surface area contributed by atoms with Crippen LogP contribution in [0.4, 0.5) is 0 Å². The first-order valence-electron chi connectivity index (χ1n) is 5.10. The fourth-order valence-electron chi connectivity index (χ4n) is 0.962. The van der Waals surface area contributed by atoms with Gasteiger partial charge in [0.25, 0.3) is 0 Å². The van der Waals surface area contributed by atoms with Gasteiger partial charge in [-0.05, 0) is 38.1 Å². The smallest absolute Gasteiger partial charge is 0.00597 e. The molecular formula is C13H21N. The molecule has 14 heavy (non-hydrogen) atoms. The molecule has 0 bridgehead atoms. The van der Waals surface area contributed by atoms with Crippen molar-refractivity contribution in [3.8, 4) is 0 Å². The maximum Gasteiger partial charge on any atom is -0.00597 e. The fraction of sp³-hybridized carbons (Fsp3) is 0.385. The van der Waals surface area contributed by atoms with E-state index in [1.165, 1.54) is 12.0 Å². The fourth-order valence-corrected chi connectivity index (χ4v) is 0.962. The summed E-state index contributed by atoms with van der Waals surface area (Å²) >= 11 is 0. The lowest BCUT2D eigenvalue weighted by molar-refractivity contribution is 0.957. The van der Waals surface area contributed by atoms with Crippen LogP contribution in [0.5, 0.6) is 0 Å². The van der Waals surface area contributed by atoms with E-state index >= 15 is 0 Å². The summed E-state index contributed by atoms with van der Waals surface area (Å²) in [6.45, 7) is 6.31. The number of unbranched alkanes of at least 4 members (excludes halogenated alkanes) is 1. The minimum absolute atomic E-state index is 1.15. The molecule has 0 atom stereocenters. The monoisotopic (exact) mass is 191 g/mol. The van der Waals surface area contributed by atoms with Gasteiger partial charge in [0, 0.05) is 0 Å². The lowest BCUT2D eigenvalue weighted by Crippen LogP contribution is -1.76. The van der Waals surface area contributed by atoms with Gasteiger partial charge in [0.15, 0.2) is 0 Å².